The molecule has 2 nitrogen and oxygen atoms in total. The van der Waals surface area contributed by atoms with Gasteiger partial charge in [0.1, 0.15) is 11.6 Å². The molecule has 1 aliphatic rings. The first-order chi connectivity index (χ1) is 9.58. The standard InChI is InChI=1S/C16H23F2NO/c1-11-4-2-3-5-12(11)9-19-10-16(20)14-7-6-13(17)8-15(14)18/h6-8,11-12,16,19-20H,2-5,9-10H2,1H3. The number of aliphatic hydroxyl groups is 1. The van der Waals surface area contributed by atoms with Gasteiger partial charge in [0.05, 0.1) is 6.10 Å². The zero-order valence-corrected chi connectivity index (χ0v) is 11.9. The molecule has 0 amide bonds. The lowest BCUT2D eigenvalue weighted by Gasteiger charge is -2.29. The molecule has 3 unspecified atom stereocenters. The summed E-state index contributed by atoms with van der Waals surface area (Å²) in [6, 6.07) is 3.28. The molecule has 1 saturated carbocycles. The molecule has 1 fully saturated rings. The van der Waals surface area contributed by atoms with Crippen molar-refractivity contribution < 1.29 is 13.9 Å². The van der Waals surface area contributed by atoms with E-state index in [2.05, 4.69) is 12.2 Å². The highest BCUT2D eigenvalue weighted by molar-refractivity contribution is 5.21. The van der Waals surface area contributed by atoms with Crippen LogP contribution in [-0.2, 0) is 0 Å². The highest BCUT2D eigenvalue weighted by Gasteiger charge is 2.21. The Morgan fingerprint density at radius 3 is 2.75 bits per heavy atom. The maximum atomic E-state index is 13.5. The number of halogens is 2. The first kappa shape index (κ1) is 15.4. The molecular weight excluding hydrogens is 260 g/mol. The Morgan fingerprint density at radius 1 is 1.30 bits per heavy atom. The molecule has 112 valence electrons. The molecule has 4 heteroatoms. The fraction of sp³-hybridized carbons (Fsp3) is 0.625. The van der Waals surface area contributed by atoms with Gasteiger partial charge in [0.25, 0.3) is 0 Å². The molecule has 2 N–H and O–H groups in total. The van der Waals surface area contributed by atoms with Crippen LogP contribution in [0.4, 0.5) is 8.78 Å². The Labute approximate surface area is 119 Å². The highest BCUT2D eigenvalue weighted by atomic mass is 19.1. The van der Waals surface area contributed by atoms with Crippen molar-refractivity contribution in [3.05, 3.63) is 35.4 Å². The normalized spacial score (nSPS) is 24.6. The van der Waals surface area contributed by atoms with Gasteiger partial charge < -0.3 is 10.4 Å². The van der Waals surface area contributed by atoms with Gasteiger partial charge in [0.2, 0.25) is 0 Å². The van der Waals surface area contributed by atoms with E-state index in [0.717, 1.165) is 12.6 Å². The first-order valence-corrected chi connectivity index (χ1v) is 7.41. The monoisotopic (exact) mass is 283 g/mol. The van der Waals surface area contributed by atoms with E-state index in [-0.39, 0.29) is 5.56 Å². The van der Waals surface area contributed by atoms with Crippen LogP contribution in [0.1, 0.15) is 44.3 Å². The van der Waals surface area contributed by atoms with Gasteiger partial charge >= 0.3 is 0 Å². The summed E-state index contributed by atoms with van der Waals surface area (Å²) in [7, 11) is 0. The van der Waals surface area contributed by atoms with Crippen molar-refractivity contribution in [3.63, 3.8) is 0 Å². The van der Waals surface area contributed by atoms with Crippen molar-refractivity contribution in [1.29, 1.82) is 0 Å². The van der Waals surface area contributed by atoms with Crippen molar-refractivity contribution in [2.45, 2.75) is 38.7 Å². The molecule has 0 radical (unpaired) electrons. The van der Waals surface area contributed by atoms with Gasteiger partial charge in [-0.15, -0.1) is 0 Å². The van der Waals surface area contributed by atoms with E-state index in [0.29, 0.717) is 18.4 Å². The van der Waals surface area contributed by atoms with Crippen molar-refractivity contribution in [2.24, 2.45) is 11.8 Å². The predicted octanol–water partition coefficient (Wildman–Crippen LogP) is 3.41. The van der Waals surface area contributed by atoms with E-state index in [9.17, 15) is 13.9 Å². The van der Waals surface area contributed by atoms with Crippen LogP contribution in [0.25, 0.3) is 0 Å². The quantitative estimate of drug-likeness (QED) is 0.868. The second-order valence-electron chi connectivity index (χ2n) is 5.86. The molecule has 3 atom stereocenters. The number of hydrogen-bond donors (Lipinski definition) is 2. The Kier molecular flexibility index (Phi) is 5.49. The Hall–Kier alpha value is -1.00. The number of rotatable bonds is 5. The molecule has 1 aromatic rings. The summed E-state index contributed by atoms with van der Waals surface area (Å²) >= 11 is 0. The predicted molar refractivity (Wildman–Crippen MR) is 75.3 cm³/mol. The van der Waals surface area contributed by atoms with Crippen LogP contribution in [0, 0.1) is 23.5 Å². The summed E-state index contributed by atoms with van der Waals surface area (Å²) in [5.41, 5.74) is 0.149. The van der Waals surface area contributed by atoms with Gasteiger partial charge in [-0.05, 0) is 30.9 Å². The minimum absolute atomic E-state index is 0.149. The number of nitrogens with one attached hydrogen (secondary N) is 1. The van der Waals surface area contributed by atoms with Gasteiger partial charge in [-0.3, -0.25) is 0 Å². The molecule has 0 spiro atoms. The molecule has 0 aliphatic heterocycles. The molecule has 0 aromatic heterocycles. The second-order valence-corrected chi connectivity index (χ2v) is 5.86. The molecule has 1 aromatic carbocycles. The molecule has 0 bridgehead atoms. The van der Waals surface area contributed by atoms with Gasteiger partial charge in [-0.2, -0.15) is 0 Å². The zero-order valence-electron chi connectivity index (χ0n) is 11.9. The summed E-state index contributed by atoms with van der Waals surface area (Å²) in [5.74, 6) is 0.0257. The maximum Gasteiger partial charge on any atom is 0.131 e. The van der Waals surface area contributed by atoms with E-state index in [4.69, 9.17) is 0 Å². The summed E-state index contributed by atoms with van der Waals surface area (Å²) in [4.78, 5) is 0. The molecule has 1 aliphatic carbocycles. The summed E-state index contributed by atoms with van der Waals surface area (Å²) < 4.78 is 26.3. The minimum Gasteiger partial charge on any atom is -0.387 e. The zero-order chi connectivity index (χ0) is 14.5. The van der Waals surface area contributed by atoms with E-state index in [1.807, 2.05) is 0 Å². The average molecular weight is 283 g/mol. The molecule has 2 rings (SSSR count). The van der Waals surface area contributed by atoms with E-state index in [1.54, 1.807) is 0 Å². The third-order valence-corrected chi connectivity index (χ3v) is 4.35. The maximum absolute atomic E-state index is 13.5. The van der Waals surface area contributed by atoms with E-state index < -0.39 is 17.7 Å². The third kappa shape index (κ3) is 4.00. The van der Waals surface area contributed by atoms with Crippen LogP contribution in [0.15, 0.2) is 18.2 Å². The van der Waals surface area contributed by atoms with Gasteiger partial charge in [-0.1, -0.05) is 32.3 Å². The van der Waals surface area contributed by atoms with Crippen LogP contribution < -0.4 is 5.32 Å². The molecule has 0 heterocycles. The SMILES string of the molecule is CC1CCCCC1CNCC(O)c1ccc(F)cc1F. The molecule has 20 heavy (non-hydrogen) atoms. The first-order valence-electron chi connectivity index (χ1n) is 7.41. The van der Waals surface area contributed by atoms with Crippen molar-refractivity contribution >= 4 is 0 Å². The van der Waals surface area contributed by atoms with Crippen molar-refractivity contribution in [2.75, 3.05) is 13.1 Å². The van der Waals surface area contributed by atoms with Crippen LogP contribution in [0.5, 0.6) is 0 Å². The van der Waals surface area contributed by atoms with Crippen LogP contribution in [0.3, 0.4) is 0 Å². The number of aliphatic hydroxyl groups excluding tert-OH is 1. The lowest BCUT2D eigenvalue weighted by molar-refractivity contribution is 0.161. The van der Waals surface area contributed by atoms with E-state index in [1.165, 1.54) is 37.8 Å². The van der Waals surface area contributed by atoms with Crippen LogP contribution >= 0.6 is 0 Å². The van der Waals surface area contributed by atoms with E-state index >= 15 is 0 Å². The van der Waals surface area contributed by atoms with Crippen molar-refractivity contribution in [1.82, 2.24) is 5.32 Å². The summed E-state index contributed by atoms with van der Waals surface area (Å²) in [6.07, 6.45) is 4.12. The largest absolute Gasteiger partial charge is 0.387 e. The number of benzene rings is 1. The minimum atomic E-state index is -0.936. The van der Waals surface area contributed by atoms with Crippen molar-refractivity contribution in [3.8, 4) is 0 Å². The van der Waals surface area contributed by atoms with Gasteiger partial charge in [0.15, 0.2) is 0 Å². The third-order valence-electron chi connectivity index (χ3n) is 4.35. The van der Waals surface area contributed by atoms with Crippen LogP contribution in [0.2, 0.25) is 0 Å². The lowest BCUT2D eigenvalue weighted by atomic mass is 9.80. The Balaban J connectivity index is 1.81. The Bertz CT molecular complexity index is 438. The fourth-order valence-electron chi connectivity index (χ4n) is 2.98. The lowest BCUT2D eigenvalue weighted by Crippen LogP contribution is -2.32. The molecular formula is C16H23F2NO. The molecule has 0 saturated heterocycles. The topological polar surface area (TPSA) is 32.3 Å². The fourth-order valence-corrected chi connectivity index (χ4v) is 2.98. The van der Waals surface area contributed by atoms with Crippen LogP contribution in [-0.4, -0.2) is 18.2 Å². The number of hydrogen-bond acceptors (Lipinski definition) is 2. The average Bonchev–Trinajstić information content (AvgIpc) is 2.40. The van der Waals surface area contributed by atoms with Gasteiger partial charge in [0, 0.05) is 18.2 Å². The van der Waals surface area contributed by atoms with Gasteiger partial charge in [-0.25, -0.2) is 8.78 Å². The summed E-state index contributed by atoms with van der Waals surface area (Å²) in [6.45, 7) is 3.41. The smallest absolute Gasteiger partial charge is 0.131 e. The second kappa shape index (κ2) is 7.14. The highest BCUT2D eigenvalue weighted by Crippen LogP contribution is 2.29. The Morgan fingerprint density at radius 2 is 2.05 bits per heavy atom. The summed E-state index contributed by atoms with van der Waals surface area (Å²) in [5, 5.41) is 13.2.